The van der Waals surface area contributed by atoms with Crippen LogP contribution < -0.4 is 10.4 Å². The topological polar surface area (TPSA) is 190 Å². The number of aromatic nitrogens is 6. The largest absolute Gasteiger partial charge is 0.395 e. The van der Waals surface area contributed by atoms with Gasteiger partial charge < -0.3 is 14.5 Å². The van der Waals surface area contributed by atoms with Crippen molar-refractivity contribution in [3.8, 4) is 24.3 Å². The predicted octanol–water partition coefficient (Wildman–Crippen LogP) is 3.43. The Bertz CT molecular complexity index is 2350. The fourth-order valence-electron chi connectivity index (χ4n) is 4.31. The van der Waals surface area contributed by atoms with Gasteiger partial charge in [-0.2, -0.15) is 26.0 Å². The second-order valence-corrected chi connectivity index (χ2v) is 8.47. The third-order valence-electron chi connectivity index (χ3n) is 6.15. The minimum absolute atomic E-state index is 0.0771. The average molecular weight is 562 g/mol. The molecule has 44 heavy (non-hydrogen) atoms. The maximum absolute atomic E-state index is 10.0. The first-order valence-corrected chi connectivity index (χ1v) is 11.8. The summed E-state index contributed by atoms with van der Waals surface area (Å²) in [5.74, 6) is -1.38. The van der Waals surface area contributed by atoms with Crippen molar-refractivity contribution in [1.29, 1.82) is 21.0 Å². The lowest BCUT2D eigenvalue weighted by Gasteiger charge is -2.06. The zero-order valence-corrected chi connectivity index (χ0v) is 21.7. The Kier molecular flexibility index (Phi) is 6.95. The van der Waals surface area contributed by atoms with Crippen molar-refractivity contribution in [3.05, 3.63) is 121 Å². The Morgan fingerprint density at radius 3 is 1.77 bits per heavy atom. The van der Waals surface area contributed by atoms with Crippen LogP contribution in [0, 0.1) is 71.6 Å². The van der Waals surface area contributed by atoms with Gasteiger partial charge in [0.15, 0.2) is 17.5 Å². The highest BCUT2D eigenvalue weighted by atomic mass is 15.1. The molecule has 5 rings (SSSR count). The maximum Gasteiger partial charge on any atom is 0.395 e. The van der Waals surface area contributed by atoms with Crippen molar-refractivity contribution in [2.75, 3.05) is 0 Å². The Morgan fingerprint density at radius 2 is 1.23 bits per heavy atom. The van der Waals surface area contributed by atoms with Gasteiger partial charge in [0.05, 0.1) is 34.8 Å². The van der Waals surface area contributed by atoms with Crippen LogP contribution in [-0.4, -0.2) is 29.9 Å². The molecule has 0 N–H and O–H groups in total. The van der Waals surface area contributed by atoms with E-state index < -0.39 is 0 Å². The van der Waals surface area contributed by atoms with Crippen LogP contribution >= 0.6 is 0 Å². The summed E-state index contributed by atoms with van der Waals surface area (Å²) in [4.78, 5) is 37.5. The number of hydrogen-bond acceptors (Lipinski definition) is 10. The molecule has 0 bridgehead atoms. The third kappa shape index (κ3) is 4.53. The normalized spacial score (nSPS) is 11.3. The van der Waals surface area contributed by atoms with E-state index in [4.69, 9.17) is 31.6 Å². The summed E-state index contributed by atoms with van der Waals surface area (Å²) in [5.41, 5.74) is -0.00717. The molecule has 196 valence electrons. The van der Waals surface area contributed by atoms with E-state index >= 15 is 0 Å². The molecular formula is C30H6N14. The van der Waals surface area contributed by atoms with Crippen molar-refractivity contribution >= 4 is 50.7 Å². The second kappa shape index (κ2) is 11.2. The predicted molar refractivity (Wildman–Crippen MR) is 151 cm³/mol. The van der Waals surface area contributed by atoms with Gasteiger partial charge in [0.2, 0.25) is 0 Å². The van der Waals surface area contributed by atoms with Crippen LogP contribution in [0.3, 0.4) is 0 Å². The molecule has 14 heteroatoms. The highest BCUT2D eigenvalue weighted by Gasteiger charge is 2.22. The second-order valence-electron chi connectivity index (χ2n) is 8.47. The van der Waals surface area contributed by atoms with Gasteiger partial charge in [-0.25, -0.2) is 4.85 Å². The van der Waals surface area contributed by atoms with Gasteiger partial charge in [0.1, 0.15) is 17.8 Å². The lowest BCUT2D eigenvalue weighted by molar-refractivity contribution is 1.09. The molecule has 0 saturated heterocycles. The highest BCUT2D eigenvalue weighted by molar-refractivity contribution is 5.96. The van der Waals surface area contributed by atoms with Gasteiger partial charge in [-0.3, -0.25) is 9.97 Å². The molecule has 0 fully saturated rings. The third-order valence-corrected chi connectivity index (χ3v) is 6.15. The summed E-state index contributed by atoms with van der Waals surface area (Å²) < 4.78 is 0. The van der Waals surface area contributed by atoms with Gasteiger partial charge in [-0.15, -0.1) is 16.5 Å². The first-order valence-electron chi connectivity index (χ1n) is 11.8. The molecule has 0 aliphatic carbocycles. The first kappa shape index (κ1) is 27.4. The number of pyridine rings is 2. The van der Waals surface area contributed by atoms with E-state index in [1.807, 2.05) is 18.2 Å². The number of nitrogens with zero attached hydrogens (tertiary/aromatic N) is 14. The summed E-state index contributed by atoms with van der Waals surface area (Å²) in [6.07, 6.45) is 2.77. The van der Waals surface area contributed by atoms with E-state index in [9.17, 15) is 15.8 Å². The molecular weight excluding hydrogens is 556 g/mol. The summed E-state index contributed by atoms with van der Waals surface area (Å²) in [7, 11) is 0. The first-order chi connectivity index (χ1) is 21.4. The van der Waals surface area contributed by atoms with Crippen LogP contribution in [0.15, 0.2) is 36.7 Å². The SMILES string of the molecule is [C-]#[N+]/C(c1c(C#N)nc(C#N)nc1[N+]#[C-])=c1/cnc2cc3c/c(=C(\C#N)c4c(C#N)nc([N+]#[C-])nc4[N+]#[C-])cnc3cc2c1. The molecule has 0 atom stereocenters. The minimum atomic E-state index is -0.387. The number of nitriles is 4. The van der Waals surface area contributed by atoms with E-state index in [-0.39, 0.29) is 67.6 Å². The lowest BCUT2D eigenvalue weighted by Crippen LogP contribution is -2.10. The summed E-state index contributed by atoms with van der Waals surface area (Å²) in [5, 5.41) is 40.0. The molecule has 0 aliphatic rings. The number of benzene rings is 1. The summed E-state index contributed by atoms with van der Waals surface area (Å²) in [6.45, 7) is 29.8. The van der Waals surface area contributed by atoms with Crippen molar-refractivity contribution < 1.29 is 0 Å². The van der Waals surface area contributed by atoms with E-state index in [2.05, 4.69) is 49.3 Å². The van der Waals surface area contributed by atoms with Crippen LogP contribution in [-0.2, 0) is 0 Å². The van der Waals surface area contributed by atoms with Gasteiger partial charge in [0.25, 0.3) is 11.6 Å². The van der Waals surface area contributed by atoms with Crippen LogP contribution in [0.5, 0.6) is 0 Å². The molecule has 0 spiro atoms. The van der Waals surface area contributed by atoms with Crippen molar-refractivity contribution in [1.82, 2.24) is 29.9 Å². The highest BCUT2D eigenvalue weighted by Crippen LogP contribution is 2.29. The number of fused-ring (bicyclic) bond motifs is 2. The van der Waals surface area contributed by atoms with Crippen molar-refractivity contribution in [2.24, 2.45) is 0 Å². The Labute approximate surface area is 246 Å². The molecule has 0 aliphatic heterocycles. The minimum Gasteiger partial charge on any atom is -0.388 e. The Morgan fingerprint density at radius 1 is 0.636 bits per heavy atom. The van der Waals surface area contributed by atoms with Crippen LogP contribution in [0.25, 0.3) is 52.5 Å². The van der Waals surface area contributed by atoms with Crippen LogP contribution in [0.4, 0.5) is 17.6 Å². The van der Waals surface area contributed by atoms with Gasteiger partial charge in [0, 0.05) is 33.9 Å². The molecule has 14 nitrogen and oxygen atoms in total. The van der Waals surface area contributed by atoms with Gasteiger partial charge >= 0.3 is 11.8 Å². The van der Waals surface area contributed by atoms with E-state index in [0.717, 1.165) is 0 Å². The number of rotatable bonds is 2. The molecule has 0 radical (unpaired) electrons. The van der Waals surface area contributed by atoms with E-state index in [1.54, 1.807) is 30.3 Å². The average Bonchev–Trinajstić information content (AvgIpc) is 3.07. The van der Waals surface area contributed by atoms with Gasteiger partial charge in [-0.05, 0) is 23.4 Å². The van der Waals surface area contributed by atoms with Crippen LogP contribution in [0.1, 0.15) is 28.3 Å². The van der Waals surface area contributed by atoms with Crippen LogP contribution in [0.2, 0.25) is 0 Å². The molecule has 0 saturated carbocycles. The molecule has 5 aromatic rings. The molecule has 0 amide bonds. The molecule has 1 aromatic carbocycles. The Hall–Kier alpha value is -8.14. The Balaban J connectivity index is 1.76. The van der Waals surface area contributed by atoms with E-state index in [0.29, 0.717) is 21.8 Å². The zero-order valence-electron chi connectivity index (χ0n) is 21.7. The zero-order chi connectivity index (χ0) is 31.4. The summed E-state index contributed by atoms with van der Waals surface area (Å²) in [6, 6.07) is 14.0. The van der Waals surface area contributed by atoms with Gasteiger partial charge in [-0.1, -0.05) is 24.2 Å². The van der Waals surface area contributed by atoms with E-state index in [1.165, 1.54) is 12.4 Å². The molecule has 4 heterocycles. The lowest BCUT2D eigenvalue weighted by atomic mass is 10.0. The fraction of sp³-hybridized carbons (Fsp3) is 0. The maximum atomic E-state index is 10.0. The fourth-order valence-corrected chi connectivity index (χ4v) is 4.31. The monoisotopic (exact) mass is 562 g/mol. The van der Waals surface area contributed by atoms with Crippen molar-refractivity contribution in [2.45, 2.75) is 0 Å². The standard InChI is InChI=1S/C30H6N14/c1-35-27(26-23(11-33)41-24(12-34)43-29(26)37-3)18-6-16-8-20-15(7-21(16)40-14-18)5-17(13-39-20)19(9-31)25-22(10-32)42-30(38-4)44-28(25)36-2/h5-8,13-14H/b19-17-,27-18+. The quantitative estimate of drug-likeness (QED) is 0.227. The number of hydrogen-bond donors (Lipinski definition) is 0. The summed E-state index contributed by atoms with van der Waals surface area (Å²) >= 11 is 0. The molecule has 0 unspecified atom stereocenters. The molecule has 4 aromatic heterocycles. The smallest absolute Gasteiger partial charge is 0.388 e. The van der Waals surface area contributed by atoms with Crippen molar-refractivity contribution in [3.63, 3.8) is 0 Å².